The summed E-state index contributed by atoms with van der Waals surface area (Å²) in [6.07, 6.45) is 1.55. The number of thiophene rings is 1. The largest absolute Gasteiger partial charge is 0.508 e. The lowest BCUT2D eigenvalue weighted by atomic mass is 9.99. The molecule has 8 nitrogen and oxygen atoms in total. The third kappa shape index (κ3) is 4.55. The van der Waals surface area contributed by atoms with Gasteiger partial charge in [-0.1, -0.05) is 23.7 Å². The van der Waals surface area contributed by atoms with Crippen molar-refractivity contribution in [2.24, 2.45) is 10.1 Å². The average Bonchev–Trinajstić information content (AvgIpc) is 3.33. The molecule has 2 aromatic carbocycles. The minimum Gasteiger partial charge on any atom is -0.508 e. The number of nitrogens with one attached hydrogen (secondary N) is 1. The Morgan fingerprint density at radius 1 is 1.14 bits per heavy atom. The number of carbonyl (C=O) groups is 1. The van der Waals surface area contributed by atoms with E-state index in [9.17, 15) is 9.90 Å². The first-order chi connectivity index (χ1) is 17.3. The van der Waals surface area contributed by atoms with Gasteiger partial charge >= 0.3 is 0 Å². The standard InChI is InChI=1S/C26H23ClN6O2S/c1-14-15(2)36-26-23(14)24(18-6-8-19(27)9-7-18)29-21(25-32-30-16(3)33(25)26)12-22(35)31-28-13-17-4-10-20(34)11-5-17/h4-11,13,21,34H,12H2,1-3H3,(H,31,35). The molecule has 10 heteroatoms. The van der Waals surface area contributed by atoms with Crippen molar-refractivity contribution in [1.29, 1.82) is 0 Å². The highest BCUT2D eigenvalue weighted by atomic mass is 35.5. The van der Waals surface area contributed by atoms with Crippen LogP contribution in [0.1, 0.15) is 51.2 Å². The van der Waals surface area contributed by atoms with E-state index in [-0.39, 0.29) is 18.1 Å². The fourth-order valence-electron chi connectivity index (χ4n) is 4.09. The summed E-state index contributed by atoms with van der Waals surface area (Å²) in [7, 11) is 0. The summed E-state index contributed by atoms with van der Waals surface area (Å²) in [5.74, 6) is 1.20. The number of aliphatic imine (C=N–C) groups is 1. The molecule has 2 aromatic heterocycles. The van der Waals surface area contributed by atoms with Crippen LogP contribution in [0.5, 0.6) is 5.75 Å². The first kappa shape index (κ1) is 23.9. The molecule has 0 saturated carbocycles. The number of amides is 1. The van der Waals surface area contributed by atoms with Gasteiger partial charge in [0, 0.05) is 21.0 Å². The van der Waals surface area contributed by atoms with Crippen LogP contribution >= 0.6 is 22.9 Å². The molecule has 36 heavy (non-hydrogen) atoms. The van der Waals surface area contributed by atoms with Gasteiger partial charge in [-0.3, -0.25) is 14.4 Å². The van der Waals surface area contributed by atoms with E-state index in [4.69, 9.17) is 16.6 Å². The van der Waals surface area contributed by atoms with Gasteiger partial charge in [-0.05, 0) is 68.3 Å². The zero-order chi connectivity index (χ0) is 25.4. The van der Waals surface area contributed by atoms with E-state index < -0.39 is 6.04 Å². The highest BCUT2D eigenvalue weighted by Gasteiger charge is 2.32. The van der Waals surface area contributed by atoms with Crippen LogP contribution in [0.25, 0.3) is 5.00 Å². The zero-order valence-electron chi connectivity index (χ0n) is 19.9. The van der Waals surface area contributed by atoms with E-state index in [1.807, 2.05) is 35.8 Å². The summed E-state index contributed by atoms with van der Waals surface area (Å²) in [5.41, 5.74) is 7.17. The van der Waals surface area contributed by atoms with Crippen LogP contribution < -0.4 is 5.43 Å². The molecular formula is C26H23ClN6O2S. The number of nitrogens with zero attached hydrogens (tertiary/aromatic N) is 5. The maximum atomic E-state index is 12.9. The molecule has 4 aromatic rings. The molecule has 5 rings (SSSR count). The number of aromatic hydroxyl groups is 1. The van der Waals surface area contributed by atoms with Gasteiger partial charge in [-0.15, -0.1) is 21.5 Å². The van der Waals surface area contributed by atoms with E-state index in [0.29, 0.717) is 10.8 Å². The monoisotopic (exact) mass is 518 g/mol. The Labute approximate surface area is 217 Å². The Morgan fingerprint density at radius 2 is 1.86 bits per heavy atom. The van der Waals surface area contributed by atoms with E-state index in [1.54, 1.807) is 35.6 Å². The summed E-state index contributed by atoms with van der Waals surface area (Å²) in [6, 6.07) is 13.5. The molecule has 0 saturated heterocycles. The first-order valence-corrected chi connectivity index (χ1v) is 12.5. The fraction of sp³-hybridized carbons (Fsp3) is 0.192. The SMILES string of the molecule is Cc1sc2c(c1C)C(c1ccc(Cl)cc1)=NC(CC(=O)NN=Cc1ccc(O)cc1)c1nnc(C)n1-2. The molecular weight excluding hydrogens is 496 g/mol. The van der Waals surface area contributed by atoms with Crippen LogP contribution in [0, 0.1) is 20.8 Å². The van der Waals surface area contributed by atoms with Crippen LogP contribution in [0.15, 0.2) is 58.6 Å². The number of benzene rings is 2. The Kier molecular flexibility index (Phi) is 6.42. The third-order valence-corrected chi connectivity index (χ3v) is 7.48. The van der Waals surface area contributed by atoms with E-state index in [0.717, 1.165) is 38.8 Å². The molecule has 0 spiro atoms. The second-order valence-electron chi connectivity index (χ2n) is 8.49. The minimum absolute atomic E-state index is 0.0368. The number of halogens is 1. The Bertz CT molecular complexity index is 1500. The van der Waals surface area contributed by atoms with Crippen molar-refractivity contribution in [3.63, 3.8) is 0 Å². The second-order valence-corrected chi connectivity index (χ2v) is 10.1. The maximum absolute atomic E-state index is 12.9. The van der Waals surface area contributed by atoms with Crippen LogP contribution in [0.4, 0.5) is 0 Å². The number of hydrogen-bond donors (Lipinski definition) is 2. The van der Waals surface area contributed by atoms with Crippen molar-refractivity contribution >= 4 is 40.8 Å². The topological polar surface area (TPSA) is 105 Å². The van der Waals surface area contributed by atoms with Gasteiger partial charge in [0.1, 0.15) is 22.6 Å². The summed E-state index contributed by atoms with van der Waals surface area (Å²) in [4.78, 5) is 19.2. The van der Waals surface area contributed by atoms with Gasteiger partial charge in [0.15, 0.2) is 5.82 Å². The molecule has 1 atom stereocenters. The summed E-state index contributed by atoms with van der Waals surface area (Å²) in [5, 5.41) is 23.8. The lowest BCUT2D eigenvalue weighted by molar-refractivity contribution is -0.121. The second kappa shape index (κ2) is 9.67. The highest BCUT2D eigenvalue weighted by Crippen LogP contribution is 2.39. The maximum Gasteiger partial charge on any atom is 0.242 e. The van der Waals surface area contributed by atoms with E-state index in [2.05, 4.69) is 34.6 Å². The van der Waals surface area contributed by atoms with Gasteiger partial charge in [-0.25, -0.2) is 5.43 Å². The van der Waals surface area contributed by atoms with Crippen LogP contribution in [-0.2, 0) is 4.79 Å². The normalized spacial score (nSPS) is 14.8. The first-order valence-electron chi connectivity index (χ1n) is 11.3. The molecule has 1 unspecified atom stereocenters. The minimum atomic E-state index is -0.569. The number of aromatic nitrogens is 3. The molecule has 0 aliphatic carbocycles. The molecule has 1 aliphatic rings. The quantitative estimate of drug-likeness (QED) is 0.285. The molecule has 1 amide bonds. The molecule has 0 fully saturated rings. The van der Waals surface area contributed by atoms with E-state index >= 15 is 0 Å². The lowest BCUT2D eigenvalue weighted by Crippen LogP contribution is -2.21. The third-order valence-electron chi connectivity index (χ3n) is 6.03. The molecule has 1 aliphatic heterocycles. The number of rotatable bonds is 5. The van der Waals surface area contributed by atoms with Crippen molar-refractivity contribution < 1.29 is 9.90 Å². The van der Waals surface area contributed by atoms with Crippen LogP contribution in [0.2, 0.25) is 5.02 Å². The number of hydrazone groups is 1. The number of phenols is 1. The molecule has 0 bridgehead atoms. The van der Waals surface area contributed by atoms with Gasteiger partial charge in [0.25, 0.3) is 0 Å². The summed E-state index contributed by atoms with van der Waals surface area (Å²) in [6.45, 7) is 6.07. The zero-order valence-corrected chi connectivity index (χ0v) is 21.4. The van der Waals surface area contributed by atoms with Crippen molar-refractivity contribution in [3.8, 4) is 10.8 Å². The van der Waals surface area contributed by atoms with Crippen molar-refractivity contribution in [3.05, 3.63) is 92.3 Å². The smallest absolute Gasteiger partial charge is 0.242 e. The lowest BCUT2D eigenvalue weighted by Gasteiger charge is -2.12. The predicted octanol–water partition coefficient (Wildman–Crippen LogP) is 5.05. The van der Waals surface area contributed by atoms with Crippen molar-refractivity contribution in [2.45, 2.75) is 33.2 Å². The summed E-state index contributed by atoms with van der Waals surface area (Å²) < 4.78 is 2.00. The van der Waals surface area contributed by atoms with Gasteiger partial charge in [0.05, 0.1) is 18.3 Å². The van der Waals surface area contributed by atoms with Gasteiger partial charge in [-0.2, -0.15) is 5.10 Å². The van der Waals surface area contributed by atoms with Crippen molar-refractivity contribution in [1.82, 2.24) is 20.2 Å². The number of hydrogen-bond acceptors (Lipinski definition) is 7. The number of fused-ring (bicyclic) bond motifs is 3. The molecule has 3 heterocycles. The molecule has 2 N–H and O–H groups in total. The Balaban J connectivity index is 1.52. The van der Waals surface area contributed by atoms with Gasteiger partial charge < -0.3 is 5.11 Å². The number of phenolic OH excluding ortho intramolecular Hbond substituents is 1. The number of aryl methyl sites for hydroxylation is 2. The highest BCUT2D eigenvalue weighted by molar-refractivity contribution is 7.15. The fourth-order valence-corrected chi connectivity index (χ4v) is 5.43. The van der Waals surface area contributed by atoms with E-state index in [1.165, 1.54) is 11.1 Å². The van der Waals surface area contributed by atoms with Gasteiger partial charge in [0.2, 0.25) is 5.91 Å². The molecule has 182 valence electrons. The van der Waals surface area contributed by atoms with Crippen LogP contribution in [0.3, 0.4) is 0 Å². The molecule has 0 radical (unpaired) electrons. The number of carbonyl (C=O) groups excluding carboxylic acids is 1. The Morgan fingerprint density at radius 3 is 2.58 bits per heavy atom. The predicted molar refractivity (Wildman–Crippen MR) is 142 cm³/mol. The van der Waals surface area contributed by atoms with Crippen LogP contribution in [-0.4, -0.2) is 37.7 Å². The Hall–Kier alpha value is -3.82. The van der Waals surface area contributed by atoms with Crippen molar-refractivity contribution in [2.75, 3.05) is 0 Å². The average molecular weight is 519 g/mol. The summed E-state index contributed by atoms with van der Waals surface area (Å²) >= 11 is 7.81.